The lowest BCUT2D eigenvalue weighted by atomic mass is 9.94. The number of carbonyl (C=O) groups excluding carboxylic acids is 1. The number of benzene rings is 2. The van der Waals surface area contributed by atoms with Crippen LogP contribution in [0.4, 0.5) is 26.0 Å². The lowest BCUT2D eigenvalue weighted by Crippen LogP contribution is -2.49. The zero-order valence-corrected chi connectivity index (χ0v) is 30.5. The Hall–Kier alpha value is -5.38. The molecule has 2 aliphatic heterocycles. The fraction of sp³-hybridized carbons (Fsp3) is 0.385. The predicted octanol–water partition coefficient (Wildman–Crippen LogP) is 6.29. The Bertz CT molecular complexity index is 2240. The molecule has 54 heavy (non-hydrogen) atoms. The number of alkyl halides is 2. The van der Waals surface area contributed by atoms with Gasteiger partial charge in [0.2, 0.25) is 0 Å². The molecular weight excluding hydrogens is 696 g/mol. The first-order valence-electron chi connectivity index (χ1n) is 18.0. The number of hydrogen-bond acceptors (Lipinski definition) is 10. The predicted molar refractivity (Wildman–Crippen MR) is 200 cm³/mol. The number of carboxylic acids is 1. The summed E-state index contributed by atoms with van der Waals surface area (Å²) in [6.07, 6.45) is 0.618. The van der Waals surface area contributed by atoms with Gasteiger partial charge < -0.3 is 20.8 Å². The van der Waals surface area contributed by atoms with Crippen LogP contribution < -0.4 is 16.0 Å². The van der Waals surface area contributed by atoms with Gasteiger partial charge in [0.05, 0.1) is 23.4 Å². The summed E-state index contributed by atoms with van der Waals surface area (Å²) in [5.41, 5.74) is 5.86. The van der Waals surface area contributed by atoms with E-state index in [9.17, 15) is 28.6 Å². The molecule has 15 heteroatoms. The van der Waals surface area contributed by atoms with E-state index >= 15 is 0 Å². The molecule has 5 N–H and O–H groups in total. The minimum atomic E-state index is -2.89. The van der Waals surface area contributed by atoms with Gasteiger partial charge in [-0.25, -0.2) is 18.7 Å². The highest BCUT2D eigenvalue weighted by Gasteiger charge is 2.34. The number of anilines is 3. The molecule has 7 rings (SSSR count). The van der Waals surface area contributed by atoms with Crippen LogP contribution in [0.2, 0.25) is 0 Å². The smallest absolute Gasteiger partial charge is 0.323 e. The summed E-state index contributed by atoms with van der Waals surface area (Å²) in [7, 11) is 0. The minimum absolute atomic E-state index is 0.156. The standard InChI is InChI=1S/C39H43F2N9O4/c1-21-25(8-5-10-27(21)43-35-33-30(44-36(46-35)34(40)41)16-23(18-42-33)19-49-15-13-24(51)20-49)26-9-6-11-28(22(26)2)45-37(52)31-17-32-29(12-7-14-50(32)48-31)47-39(3,4)38(53)54/h5-6,8-11,16-18,24,29,34,47,51H,7,12-15,19-20H2,1-4H3,(H,45,52)(H,53,54)(H,43,44,46)/t24-,29?/m1/s1. The van der Waals surface area contributed by atoms with Crippen LogP contribution in [0, 0.1) is 13.8 Å². The van der Waals surface area contributed by atoms with Gasteiger partial charge in [-0.05, 0) is 99.0 Å². The number of carboxylic acid groups (broad SMARTS) is 1. The highest BCUT2D eigenvalue weighted by molar-refractivity contribution is 6.04. The third-order valence-corrected chi connectivity index (χ3v) is 10.3. The van der Waals surface area contributed by atoms with Gasteiger partial charge in [-0.1, -0.05) is 24.3 Å². The minimum Gasteiger partial charge on any atom is -0.480 e. The van der Waals surface area contributed by atoms with E-state index < -0.39 is 23.8 Å². The molecular formula is C39H43F2N9O4. The first-order valence-corrected chi connectivity index (χ1v) is 18.0. The Kier molecular flexibility index (Phi) is 10.1. The van der Waals surface area contributed by atoms with Crippen molar-refractivity contribution in [1.29, 1.82) is 0 Å². The highest BCUT2D eigenvalue weighted by Crippen LogP contribution is 2.36. The van der Waals surface area contributed by atoms with Crippen molar-refractivity contribution in [3.8, 4) is 11.1 Å². The average Bonchev–Trinajstić information content (AvgIpc) is 3.76. The molecule has 0 aliphatic carbocycles. The van der Waals surface area contributed by atoms with Crippen LogP contribution in [0.15, 0.2) is 54.7 Å². The Labute approximate surface area is 310 Å². The second-order valence-corrected chi connectivity index (χ2v) is 14.6. The van der Waals surface area contributed by atoms with Gasteiger partial charge in [0.15, 0.2) is 17.3 Å². The van der Waals surface area contributed by atoms with Crippen LogP contribution in [0.1, 0.15) is 84.3 Å². The number of β-amino-alcohol motifs (C(OH)–C–C–N with tert-alkyl or cyclic N) is 1. The zero-order chi connectivity index (χ0) is 38.3. The van der Waals surface area contributed by atoms with Gasteiger partial charge in [-0.3, -0.25) is 29.5 Å². The number of halogens is 2. The summed E-state index contributed by atoms with van der Waals surface area (Å²) in [5.74, 6) is -1.81. The van der Waals surface area contributed by atoms with Crippen LogP contribution in [-0.2, 0) is 17.9 Å². The van der Waals surface area contributed by atoms with Crippen molar-refractivity contribution in [3.63, 3.8) is 0 Å². The van der Waals surface area contributed by atoms with Crippen LogP contribution in [0.25, 0.3) is 22.2 Å². The second kappa shape index (κ2) is 14.8. The summed E-state index contributed by atoms with van der Waals surface area (Å²) in [5, 5.41) is 33.5. The molecule has 0 saturated carbocycles. The zero-order valence-electron chi connectivity index (χ0n) is 30.5. The van der Waals surface area contributed by atoms with Crippen molar-refractivity contribution in [2.45, 2.75) is 84.2 Å². The second-order valence-electron chi connectivity index (χ2n) is 14.6. The SMILES string of the molecule is Cc1c(NC(=O)c2cc3n(n2)CCCC3NC(C)(C)C(=O)O)cccc1-c1cccc(Nc2nc(C(F)F)nc3cc(CN4CC[C@@H](O)C4)cnc23)c1C. The lowest BCUT2D eigenvalue weighted by Gasteiger charge is -2.31. The van der Waals surface area contributed by atoms with Crippen molar-refractivity contribution >= 4 is 40.1 Å². The third-order valence-electron chi connectivity index (χ3n) is 10.3. The molecule has 3 aromatic heterocycles. The molecule has 282 valence electrons. The molecule has 5 aromatic rings. The molecule has 1 unspecified atom stereocenters. The normalized spacial score (nSPS) is 17.6. The molecule has 1 amide bonds. The number of fused-ring (bicyclic) bond motifs is 2. The Morgan fingerprint density at radius 2 is 1.72 bits per heavy atom. The maximum Gasteiger partial charge on any atom is 0.323 e. The Morgan fingerprint density at radius 1 is 1.00 bits per heavy atom. The monoisotopic (exact) mass is 739 g/mol. The number of nitrogens with zero attached hydrogens (tertiary/aromatic N) is 6. The van der Waals surface area contributed by atoms with Gasteiger partial charge in [0, 0.05) is 43.8 Å². The van der Waals surface area contributed by atoms with Gasteiger partial charge in [-0.15, -0.1) is 0 Å². The topological polar surface area (TPSA) is 170 Å². The molecule has 0 spiro atoms. The summed E-state index contributed by atoms with van der Waals surface area (Å²) >= 11 is 0. The molecule has 2 atom stereocenters. The number of likely N-dealkylation sites (tertiary alicyclic amines) is 1. The van der Waals surface area contributed by atoms with Crippen molar-refractivity contribution in [2.75, 3.05) is 23.7 Å². The lowest BCUT2D eigenvalue weighted by molar-refractivity contribution is -0.143. The highest BCUT2D eigenvalue weighted by atomic mass is 19.3. The van der Waals surface area contributed by atoms with Gasteiger partial charge >= 0.3 is 5.97 Å². The number of aliphatic hydroxyl groups is 1. The first-order chi connectivity index (χ1) is 25.8. The molecule has 2 aromatic carbocycles. The first kappa shape index (κ1) is 37.0. The van der Waals surface area contributed by atoms with E-state index in [1.54, 1.807) is 36.9 Å². The van der Waals surface area contributed by atoms with Crippen LogP contribution in [-0.4, -0.2) is 76.5 Å². The third kappa shape index (κ3) is 7.52. The van der Waals surface area contributed by atoms with Gasteiger partial charge in [0.25, 0.3) is 12.3 Å². The quantitative estimate of drug-likeness (QED) is 0.103. The van der Waals surface area contributed by atoms with E-state index in [0.29, 0.717) is 48.5 Å². The molecule has 2 aliphatic rings. The van der Waals surface area contributed by atoms with E-state index in [4.69, 9.17) is 0 Å². The maximum absolute atomic E-state index is 14.0. The van der Waals surface area contributed by atoms with Crippen LogP contribution in [0.5, 0.6) is 0 Å². The molecule has 1 fully saturated rings. The number of carbonyl (C=O) groups is 2. The Morgan fingerprint density at radius 3 is 2.41 bits per heavy atom. The number of aliphatic carboxylic acids is 1. The molecule has 13 nitrogen and oxygen atoms in total. The van der Waals surface area contributed by atoms with Crippen molar-refractivity contribution in [2.24, 2.45) is 0 Å². The van der Waals surface area contributed by atoms with Crippen LogP contribution in [0.3, 0.4) is 0 Å². The number of rotatable bonds is 11. The van der Waals surface area contributed by atoms with E-state index in [0.717, 1.165) is 52.9 Å². The van der Waals surface area contributed by atoms with Gasteiger partial charge in [-0.2, -0.15) is 5.10 Å². The van der Waals surface area contributed by atoms with E-state index in [-0.39, 0.29) is 29.6 Å². The summed E-state index contributed by atoms with van der Waals surface area (Å²) in [6.45, 7) is 9.48. The molecule has 0 bridgehead atoms. The van der Waals surface area contributed by atoms with Crippen LogP contribution >= 0.6 is 0 Å². The van der Waals surface area contributed by atoms with E-state index in [1.165, 1.54) is 0 Å². The summed E-state index contributed by atoms with van der Waals surface area (Å²) < 4.78 is 29.8. The largest absolute Gasteiger partial charge is 0.480 e. The number of aliphatic hydroxyl groups excluding tert-OH is 1. The van der Waals surface area contributed by atoms with E-state index in [1.807, 2.05) is 50.2 Å². The number of amides is 1. The maximum atomic E-state index is 14.0. The Balaban J connectivity index is 1.14. The van der Waals surface area contributed by atoms with Crippen molar-refractivity contribution in [3.05, 3.63) is 88.6 Å². The number of aromatic nitrogens is 5. The van der Waals surface area contributed by atoms with Crippen molar-refractivity contribution in [1.82, 2.24) is 34.9 Å². The molecule has 1 saturated heterocycles. The van der Waals surface area contributed by atoms with Crippen molar-refractivity contribution < 1.29 is 28.6 Å². The number of pyridine rings is 1. The number of hydrogen-bond donors (Lipinski definition) is 5. The fourth-order valence-electron chi connectivity index (χ4n) is 7.24. The summed E-state index contributed by atoms with van der Waals surface area (Å²) in [6, 6.07) is 14.4. The van der Waals surface area contributed by atoms with E-state index in [2.05, 4.69) is 40.9 Å². The summed E-state index contributed by atoms with van der Waals surface area (Å²) in [4.78, 5) is 40.3. The fourth-order valence-corrected chi connectivity index (χ4v) is 7.24. The number of aryl methyl sites for hydroxylation is 1. The van der Waals surface area contributed by atoms with Gasteiger partial charge in [0.1, 0.15) is 11.1 Å². The molecule has 0 radical (unpaired) electrons. The molecule has 5 heterocycles. The number of nitrogens with one attached hydrogen (secondary N) is 3. The average molecular weight is 740 g/mol.